The van der Waals surface area contributed by atoms with E-state index in [4.69, 9.17) is 0 Å². The quantitative estimate of drug-likeness (QED) is 0.555. The van der Waals surface area contributed by atoms with Gasteiger partial charge in [0, 0.05) is 15.4 Å². The monoisotopic (exact) mass is 323 g/mol. The lowest BCUT2D eigenvalue weighted by Crippen LogP contribution is -2.25. The predicted octanol–water partition coefficient (Wildman–Crippen LogP) is 3.77. The molecule has 0 spiro atoms. The normalized spacial score (nSPS) is 11.0. The number of aryl methyl sites for hydroxylation is 1. The second-order valence-corrected chi connectivity index (χ2v) is 6.48. The second kappa shape index (κ2) is 7.07. The molecule has 1 heterocycles. The largest absolute Gasteiger partial charge is 0.376 e. The number of hydrogen-bond acceptors (Lipinski definition) is 4. The van der Waals surface area contributed by atoms with Crippen molar-refractivity contribution in [3.63, 3.8) is 0 Å². The maximum absolute atomic E-state index is 11.8. The molecule has 0 atom stereocenters. The van der Waals surface area contributed by atoms with E-state index in [0.717, 1.165) is 16.0 Å². The highest BCUT2D eigenvalue weighted by Gasteiger charge is 2.01. The molecule has 3 rings (SSSR count). The summed E-state index contributed by atoms with van der Waals surface area (Å²) in [5.41, 5.74) is 3.44. The number of benzene rings is 2. The number of fused-ring (bicyclic) bond motifs is 1. The lowest BCUT2D eigenvalue weighted by atomic mass is 10.1. The highest BCUT2D eigenvalue weighted by molar-refractivity contribution is 7.13. The van der Waals surface area contributed by atoms with E-state index in [-0.39, 0.29) is 12.5 Å². The zero-order valence-corrected chi connectivity index (χ0v) is 13.6. The first kappa shape index (κ1) is 15.2. The summed E-state index contributed by atoms with van der Waals surface area (Å²) >= 11 is 1.63. The molecule has 0 aliphatic heterocycles. The average Bonchev–Trinajstić information content (AvgIpc) is 2.98. The van der Waals surface area contributed by atoms with Crippen molar-refractivity contribution in [2.24, 2.45) is 5.10 Å². The molecule has 1 amide bonds. The van der Waals surface area contributed by atoms with Gasteiger partial charge >= 0.3 is 0 Å². The molecule has 23 heavy (non-hydrogen) atoms. The molecule has 0 bridgehead atoms. The molecule has 116 valence electrons. The number of nitrogens with zero attached hydrogens (tertiary/aromatic N) is 1. The maximum atomic E-state index is 11.8. The van der Waals surface area contributed by atoms with E-state index >= 15 is 0 Å². The number of thiophene rings is 1. The van der Waals surface area contributed by atoms with Gasteiger partial charge in [0.05, 0.1) is 12.8 Å². The first-order valence-electron chi connectivity index (χ1n) is 7.32. The molecule has 2 aromatic carbocycles. The van der Waals surface area contributed by atoms with E-state index in [1.807, 2.05) is 55.5 Å². The molecule has 4 nitrogen and oxygen atoms in total. The summed E-state index contributed by atoms with van der Waals surface area (Å²) in [5.74, 6) is -0.178. The molecule has 0 fully saturated rings. The smallest absolute Gasteiger partial charge is 0.259 e. The van der Waals surface area contributed by atoms with Crippen molar-refractivity contribution < 1.29 is 4.79 Å². The van der Waals surface area contributed by atoms with E-state index in [1.54, 1.807) is 17.6 Å². The lowest BCUT2D eigenvalue weighted by Gasteiger charge is -2.06. The van der Waals surface area contributed by atoms with Crippen molar-refractivity contribution in [1.82, 2.24) is 5.43 Å². The molecule has 0 saturated heterocycles. The van der Waals surface area contributed by atoms with Crippen LogP contribution in [-0.4, -0.2) is 18.7 Å². The molecule has 1 aromatic heterocycles. The van der Waals surface area contributed by atoms with Gasteiger partial charge in [-0.15, -0.1) is 11.3 Å². The second-order valence-electron chi connectivity index (χ2n) is 5.16. The predicted molar refractivity (Wildman–Crippen MR) is 97.2 cm³/mol. The fourth-order valence-corrected chi connectivity index (χ4v) is 2.96. The van der Waals surface area contributed by atoms with Crippen molar-refractivity contribution in [2.75, 3.05) is 11.9 Å². The van der Waals surface area contributed by atoms with Gasteiger partial charge < -0.3 is 5.32 Å². The molecule has 0 aliphatic rings. The Labute approximate surface area is 138 Å². The number of rotatable bonds is 5. The maximum Gasteiger partial charge on any atom is 0.259 e. The lowest BCUT2D eigenvalue weighted by molar-refractivity contribution is -0.119. The number of amides is 1. The highest BCUT2D eigenvalue weighted by Crippen LogP contribution is 2.18. The summed E-state index contributed by atoms with van der Waals surface area (Å²) < 4.78 is 0. The minimum Gasteiger partial charge on any atom is -0.376 e. The molecule has 0 aliphatic carbocycles. The standard InChI is InChI=1S/C18H17N3OS/c1-13-6-9-17(23-13)11-20-21-18(22)12-19-16-8-7-14-4-2-3-5-15(14)10-16/h2-11,19H,12H2,1H3,(H,21,22). The van der Waals surface area contributed by atoms with Crippen molar-refractivity contribution in [3.05, 3.63) is 64.4 Å². The Morgan fingerprint density at radius 1 is 1.13 bits per heavy atom. The van der Waals surface area contributed by atoms with Gasteiger partial charge in [-0.05, 0) is 42.0 Å². The van der Waals surface area contributed by atoms with E-state index in [9.17, 15) is 4.79 Å². The minimum atomic E-state index is -0.178. The zero-order valence-electron chi connectivity index (χ0n) is 12.7. The molecule has 3 aromatic rings. The fourth-order valence-electron chi connectivity index (χ4n) is 2.21. The number of nitrogens with one attached hydrogen (secondary N) is 2. The summed E-state index contributed by atoms with van der Waals surface area (Å²) in [6, 6.07) is 18.1. The first-order valence-corrected chi connectivity index (χ1v) is 8.13. The van der Waals surface area contributed by atoms with E-state index in [2.05, 4.69) is 21.9 Å². The van der Waals surface area contributed by atoms with Crippen molar-refractivity contribution in [1.29, 1.82) is 0 Å². The van der Waals surface area contributed by atoms with Gasteiger partial charge in [0.25, 0.3) is 5.91 Å². The van der Waals surface area contributed by atoms with Crippen LogP contribution in [0.15, 0.2) is 59.7 Å². The van der Waals surface area contributed by atoms with Gasteiger partial charge in [0.1, 0.15) is 0 Å². The Balaban J connectivity index is 1.52. The van der Waals surface area contributed by atoms with Crippen LogP contribution in [0.5, 0.6) is 0 Å². The van der Waals surface area contributed by atoms with E-state index < -0.39 is 0 Å². The molecule has 0 unspecified atom stereocenters. The SMILES string of the molecule is Cc1ccc(C=NNC(=O)CNc2ccc3ccccc3c2)s1. The summed E-state index contributed by atoms with van der Waals surface area (Å²) in [4.78, 5) is 14.0. The topological polar surface area (TPSA) is 53.5 Å². The van der Waals surface area contributed by atoms with Crippen LogP contribution in [0, 0.1) is 6.92 Å². The number of carbonyl (C=O) groups excluding carboxylic acids is 1. The Bertz CT molecular complexity index is 854. The zero-order chi connectivity index (χ0) is 16.1. The summed E-state index contributed by atoms with van der Waals surface area (Å²) in [5, 5.41) is 9.39. The van der Waals surface area contributed by atoms with Crippen LogP contribution < -0.4 is 10.7 Å². The molecular weight excluding hydrogens is 306 g/mol. The molecular formula is C18H17N3OS. The Morgan fingerprint density at radius 3 is 2.74 bits per heavy atom. The van der Waals surface area contributed by atoms with E-state index in [1.165, 1.54) is 10.3 Å². The van der Waals surface area contributed by atoms with Crippen LogP contribution in [0.3, 0.4) is 0 Å². The van der Waals surface area contributed by atoms with Gasteiger partial charge in [0.2, 0.25) is 0 Å². The van der Waals surface area contributed by atoms with Crippen molar-refractivity contribution in [3.8, 4) is 0 Å². The van der Waals surface area contributed by atoms with Gasteiger partial charge in [-0.25, -0.2) is 5.43 Å². The van der Waals surface area contributed by atoms with E-state index in [0.29, 0.717) is 0 Å². The summed E-state index contributed by atoms with van der Waals surface area (Å²) in [6.07, 6.45) is 1.66. The van der Waals surface area contributed by atoms with Crippen molar-refractivity contribution >= 4 is 39.9 Å². The van der Waals surface area contributed by atoms with Crippen LogP contribution in [0.2, 0.25) is 0 Å². The number of anilines is 1. The first-order chi connectivity index (χ1) is 11.2. The van der Waals surface area contributed by atoms with Gasteiger partial charge in [-0.3, -0.25) is 4.79 Å². The summed E-state index contributed by atoms with van der Waals surface area (Å²) in [7, 11) is 0. The molecule has 0 radical (unpaired) electrons. The molecule has 2 N–H and O–H groups in total. The average molecular weight is 323 g/mol. The molecule has 0 saturated carbocycles. The van der Waals surface area contributed by atoms with Crippen LogP contribution in [-0.2, 0) is 4.79 Å². The van der Waals surface area contributed by atoms with Gasteiger partial charge in [0.15, 0.2) is 0 Å². The Morgan fingerprint density at radius 2 is 1.96 bits per heavy atom. The minimum absolute atomic E-state index is 0.178. The van der Waals surface area contributed by atoms with Crippen molar-refractivity contribution in [2.45, 2.75) is 6.92 Å². The van der Waals surface area contributed by atoms with Gasteiger partial charge in [-0.1, -0.05) is 30.3 Å². The Hall–Kier alpha value is -2.66. The van der Waals surface area contributed by atoms with Gasteiger partial charge in [-0.2, -0.15) is 5.10 Å². The third-order valence-electron chi connectivity index (χ3n) is 3.34. The third-order valence-corrected chi connectivity index (χ3v) is 4.28. The number of carbonyl (C=O) groups is 1. The highest BCUT2D eigenvalue weighted by atomic mass is 32.1. The Kier molecular flexibility index (Phi) is 4.68. The fraction of sp³-hybridized carbons (Fsp3) is 0.111. The third kappa shape index (κ3) is 4.17. The van der Waals surface area contributed by atoms with Crippen LogP contribution >= 0.6 is 11.3 Å². The number of hydrazone groups is 1. The van der Waals surface area contributed by atoms with Crippen LogP contribution in [0.25, 0.3) is 10.8 Å². The van der Waals surface area contributed by atoms with Crippen LogP contribution in [0.1, 0.15) is 9.75 Å². The van der Waals surface area contributed by atoms with Crippen LogP contribution in [0.4, 0.5) is 5.69 Å². The summed E-state index contributed by atoms with van der Waals surface area (Å²) in [6.45, 7) is 2.22. The number of hydrogen-bond donors (Lipinski definition) is 2. The molecule has 5 heteroatoms.